The highest BCUT2D eigenvalue weighted by Gasteiger charge is 2.28. The van der Waals surface area contributed by atoms with Crippen molar-refractivity contribution in [3.05, 3.63) is 29.6 Å². The topological polar surface area (TPSA) is 62.5 Å². The van der Waals surface area contributed by atoms with Crippen molar-refractivity contribution in [3.63, 3.8) is 0 Å². The summed E-state index contributed by atoms with van der Waals surface area (Å²) in [5, 5.41) is 9.36. The van der Waals surface area contributed by atoms with Gasteiger partial charge in [-0.25, -0.2) is 8.42 Å². The summed E-state index contributed by atoms with van der Waals surface area (Å²) >= 11 is 0. The highest BCUT2D eigenvalue weighted by atomic mass is 32.2. The summed E-state index contributed by atoms with van der Waals surface area (Å²) in [4.78, 5) is 0.268. The molecular weight excluding hydrogens is 276 g/mol. The number of nitrogens with zero attached hydrogens (tertiary/aromatic N) is 2. The minimum Gasteiger partial charge on any atom is -0.390 e. The van der Waals surface area contributed by atoms with Crippen LogP contribution >= 0.6 is 0 Å². The number of hydrogen-bond donors (Lipinski definition) is 1. The second-order valence-corrected chi connectivity index (χ2v) is 7.44. The fourth-order valence-corrected chi connectivity index (χ4v) is 4.03. The summed E-state index contributed by atoms with van der Waals surface area (Å²) in [6.45, 7) is 6.67. The van der Waals surface area contributed by atoms with E-state index in [1.807, 2.05) is 20.8 Å². The lowest BCUT2D eigenvalue weighted by Gasteiger charge is -2.24. The predicted octanol–water partition coefficient (Wildman–Crippen LogP) is 1.90. The van der Waals surface area contributed by atoms with E-state index >= 15 is 0 Å². The molecule has 112 valence electrons. The molecule has 0 aromatic carbocycles. The molecule has 1 N–H and O–H groups in total. The average Bonchev–Trinajstić information content (AvgIpc) is 2.83. The first kappa shape index (κ1) is 15.3. The normalized spacial score (nSPS) is 17.6. The number of aromatic nitrogens is 1. The van der Waals surface area contributed by atoms with Crippen molar-refractivity contribution in [2.24, 2.45) is 0 Å². The third-order valence-electron chi connectivity index (χ3n) is 3.56. The van der Waals surface area contributed by atoms with Gasteiger partial charge >= 0.3 is 0 Å². The first-order valence-corrected chi connectivity index (χ1v) is 8.27. The number of sulfonamides is 1. The molecule has 0 amide bonds. The summed E-state index contributed by atoms with van der Waals surface area (Å²) < 4.78 is 28.6. The van der Waals surface area contributed by atoms with Gasteiger partial charge in [-0.05, 0) is 33.3 Å². The van der Waals surface area contributed by atoms with E-state index in [0.29, 0.717) is 18.8 Å². The van der Waals surface area contributed by atoms with Gasteiger partial charge in [-0.2, -0.15) is 4.31 Å². The Kier molecular flexibility index (Phi) is 4.36. The Morgan fingerprint density at radius 1 is 1.40 bits per heavy atom. The Morgan fingerprint density at radius 2 is 2.10 bits per heavy atom. The lowest BCUT2D eigenvalue weighted by Crippen LogP contribution is -2.35. The Morgan fingerprint density at radius 3 is 2.60 bits per heavy atom. The number of hydrogen-bond acceptors (Lipinski definition) is 3. The Hall–Kier alpha value is -1.11. The van der Waals surface area contributed by atoms with E-state index in [0.717, 1.165) is 12.0 Å². The molecule has 0 bridgehead atoms. The molecule has 0 aliphatic carbocycles. The lowest BCUT2D eigenvalue weighted by atomic mass is 10.2. The summed E-state index contributed by atoms with van der Waals surface area (Å²) in [6.07, 6.45) is 4.45. The minimum atomic E-state index is -3.48. The minimum absolute atomic E-state index is 0.115. The summed E-state index contributed by atoms with van der Waals surface area (Å²) in [5.41, 5.74) is 1.70. The van der Waals surface area contributed by atoms with Gasteiger partial charge in [-0.3, -0.25) is 0 Å². The van der Waals surface area contributed by atoms with Crippen LogP contribution in [0.1, 0.15) is 38.9 Å². The molecule has 0 radical (unpaired) electrons. The van der Waals surface area contributed by atoms with E-state index in [9.17, 15) is 13.5 Å². The van der Waals surface area contributed by atoms with Crippen LogP contribution in [-0.2, 0) is 16.6 Å². The van der Waals surface area contributed by atoms with Crippen LogP contribution in [-0.4, -0.2) is 35.5 Å². The second kappa shape index (κ2) is 5.71. The van der Waals surface area contributed by atoms with Gasteiger partial charge in [-0.1, -0.05) is 11.6 Å². The molecule has 0 fully saturated rings. The van der Waals surface area contributed by atoms with Crippen molar-refractivity contribution in [1.29, 1.82) is 0 Å². The molecule has 0 atom stereocenters. The first-order valence-electron chi connectivity index (χ1n) is 6.83. The van der Waals surface area contributed by atoms with E-state index in [1.165, 1.54) is 4.31 Å². The molecule has 0 spiro atoms. The van der Waals surface area contributed by atoms with Gasteiger partial charge in [0.05, 0.1) is 6.61 Å². The van der Waals surface area contributed by atoms with Crippen LogP contribution < -0.4 is 0 Å². The highest BCUT2D eigenvalue weighted by Crippen LogP contribution is 2.24. The molecule has 1 aromatic heterocycles. The van der Waals surface area contributed by atoms with Gasteiger partial charge in [0.15, 0.2) is 0 Å². The Bertz CT molecular complexity index is 614. The lowest BCUT2D eigenvalue weighted by molar-refractivity contribution is 0.268. The summed E-state index contributed by atoms with van der Waals surface area (Å²) in [5.74, 6) is 0. The molecule has 0 saturated heterocycles. The Labute approximate surface area is 120 Å². The molecule has 0 saturated carbocycles. The van der Waals surface area contributed by atoms with E-state index in [-0.39, 0.29) is 17.5 Å². The molecule has 1 aliphatic rings. The van der Waals surface area contributed by atoms with Crippen LogP contribution in [0.15, 0.2) is 28.8 Å². The Balaban J connectivity index is 2.37. The maximum absolute atomic E-state index is 12.6. The van der Waals surface area contributed by atoms with Crippen LogP contribution in [0.3, 0.4) is 0 Å². The van der Waals surface area contributed by atoms with Crippen molar-refractivity contribution < 1.29 is 13.5 Å². The molecule has 2 heterocycles. The smallest absolute Gasteiger partial charge is 0.244 e. The molecule has 1 aliphatic heterocycles. The molecule has 5 nitrogen and oxygen atoms in total. The van der Waals surface area contributed by atoms with Gasteiger partial charge in [-0.15, -0.1) is 0 Å². The van der Waals surface area contributed by atoms with Crippen molar-refractivity contribution in [1.82, 2.24) is 8.87 Å². The zero-order chi connectivity index (χ0) is 14.9. The van der Waals surface area contributed by atoms with Crippen LogP contribution in [0, 0.1) is 0 Å². The van der Waals surface area contributed by atoms with Crippen molar-refractivity contribution in [2.45, 2.75) is 44.7 Å². The maximum atomic E-state index is 12.6. The largest absolute Gasteiger partial charge is 0.390 e. The summed E-state index contributed by atoms with van der Waals surface area (Å²) in [6, 6.07) is 1.69. The van der Waals surface area contributed by atoms with E-state index in [2.05, 4.69) is 6.08 Å². The average molecular weight is 298 g/mol. The standard InChI is InChI=1S/C14H22N2O3S/c1-11(2)16-9-14(7-13(16)10-17)20(18,19)15-6-4-5-12(3)8-15/h5,7,9,11,17H,4,6,8,10H2,1-3H3. The van der Waals surface area contributed by atoms with Gasteiger partial charge in [0, 0.05) is 31.0 Å². The predicted molar refractivity (Wildman–Crippen MR) is 77.9 cm³/mol. The fourth-order valence-electron chi connectivity index (χ4n) is 2.48. The van der Waals surface area contributed by atoms with Crippen LogP contribution in [0.25, 0.3) is 0 Å². The van der Waals surface area contributed by atoms with Crippen LogP contribution in [0.5, 0.6) is 0 Å². The van der Waals surface area contributed by atoms with Gasteiger partial charge in [0.1, 0.15) is 4.90 Å². The van der Waals surface area contributed by atoms with Gasteiger partial charge < -0.3 is 9.67 Å². The van der Waals surface area contributed by atoms with E-state index in [4.69, 9.17) is 0 Å². The highest BCUT2D eigenvalue weighted by molar-refractivity contribution is 7.89. The molecular formula is C14H22N2O3S. The quantitative estimate of drug-likeness (QED) is 0.864. The van der Waals surface area contributed by atoms with Crippen molar-refractivity contribution in [2.75, 3.05) is 13.1 Å². The zero-order valence-electron chi connectivity index (χ0n) is 12.2. The maximum Gasteiger partial charge on any atom is 0.244 e. The van der Waals surface area contributed by atoms with Crippen LogP contribution in [0.2, 0.25) is 0 Å². The van der Waals surface area contributed by atoms with Crippen molar-refractivity contribution in [3.8, 4) is 0 Å². The number of aliphatic hydroxyl groups is 1. The summed E-state index contributed by atoms with van der Waals surface area (Å²) in [7, 11) is -3.48. The number of aliphatic hydroxyl groups excluding tert-OH is 1. The second-order valence-electron chi connectivity index (χ2n) is 5.50. The monoisotopic (exact) mass is 298 g/mol. The number of rotatable bonds is 4. The zero-order valence-corrected chi connectivity index (χ0v) is 13.0. The molecule has 0 unspecified atom stereocenters. The molecule has 20 heavy (non-hydrogen) atoms. The fraction of sp³-hybridized carbons (Fsp3) is 0.571. The third-order valence-corrected chi connectivity index (χ3v) is 5.37. The van der Waals surface area contributed by atoms with Crippen molar-refractivity contribution >= 4 is 10.0 Å². The third kappa shape index (κ3) is 2.82. The van der Waals surface area contributed by atoms with E-state index < -0.39 is 10.0 Å². The van der Waals surface area contributed by atoms with Gasteiger partial charge in [0.25, 0.3) is 0 Å². The first-order chi connectivity index (χ1) is 9.36. The van der Waals surface area contributed by atoms with Gasteiger partial charge in [0.2, 0.25) is 10.0 Å². The SMILES string of the molecule is CC1=CCCN(S(=O)(=O)c2cc(CO)n(C(C)C)c2)C1. The molecule has 1 aromatic rings. The molecule has 2 rings (SSSR count). The van der Waals surface area contributed by atoms with E-state index in [1.54, 1.807) is 16.8 Å². The van der Waals surface area contributed by atoms with Crippen LogP contribution in [0.4, 0.5) is 0 Å². The molecule has 6 heteroatoms.